The van der Waals surface area contributed by atoms with E-state index in [0.29, 0.717) is 25.3 Å². The molecule has 1 fully saturated rings. The first kappa shape index (κ1) is 23.0. The van der Waals surface area contributed by atoms with Crippen molar-refractivity contribution in [2.24, 2.45) is 11.8 Å². The number of hydrogen-bond donors (Lipinski definition) is 0. The fourth-order valence-electron chi connectivity index (χ4n) is 4.72. The maximum absolute atomic E-state index is 13.0. The average molecular weight is 449 g/mol. The molecule has 0 radical (unpaired) electrons. The van der Waals surface area contributed by atoms with Crippen LogP contribution in [0.2, 0.25) is 0 Å². The second-order valence-electron chi connectivity index (χ2n) is 9.16. The van der Waals surface area contributed by atoms with Crippen molar-refractivity contribution < 1.29 is 19.1 Å². The molecule has 33 heavy (non-hydrogen) atoms. The third-order valence-electron chi connectivity index (χ3n) is 6.53. The zero-order valence-electron chi connectivity index (χ0n) is 19.7. The number of fused-ring (bicyclic) bond motifs is 1. The Morgan fingerprint density at radius 3 is 2.45 bits per heavy atom. The molecule has 1 atom stereocenters. The number of rotatable bonds is 5. The Balaban J connectivity index is 1.46. The number of nitrogens with zero attached hydrogens (tertiary/aromatic N) is 2. The third kappa shape index (κ3) is 4.80. The van der Waals surface area contributed by atoms with E-state index in [2.05, 4.69) is 6.07 Å². The summed E-state index contributed by atoms with van der Waals surface area (Å²) in [5, 5.41) is 0. The highest BCUT2D eigenvalue weighted by Gasteiger charge is 2.30. The lowest BCUT2D eigenvalue weighted by atomic mass is 9.97. The summed E-state index contributed by atoms with van der Waals surface area (Å²) in [6.45, 7) is 7.82. The predicted octanol–water partition coefficient (Wildman–Crippen LogP) is 4.31. The lowest BCUT2D eigenvalue weighted by Crippen LogP contribution is -2.42. The number of likely N-dealkylation sites (tertiary alicyclic amines) is 1. The second kappa shape index (κ2) is 9.77. The SMILES string of the molecule is CCOC(=O)C1CCCN(C(=O)c2ccc(-c3ccc4c(c3)CCN4C(=O)C(C)C)cc2)C1. The van der Waals surface area contributed by atoms with Gasteiger partial charge in [0.2, 0.25) is 5.91 Å². The van der Waals surface area contributed by atoms with Crippen LogP contribution in [0.25, 0.3) is 11.1 Å². The van der Waals surface area contributed by atoms with Crippen LogP contribution in [-0.4, -0.2) is 48.9 Å². The fourth-order valence-corrected chi connectivity index (χ4v) is 4.72. The number of hydrogen-bond acceptors (Lipinski definition) is 4. The van der Waals surface area contributed by atoms with Crippen molar-refractivity contribution >= 4 is 23.5 Å². The van der Waals surface area contributed by atoms with Crippen molar-refractivity contribution in [2.75, 3.05) is 31.1 Å². The molecule has 2 amide bonds. The van der Waals surface area contributed by atoms with Gasteiger partial charge in [0.05, 0.1) is 12.5 Å². The van der Waals surface area contributed by atoms with Crippen molar-refractivity contribution in [3.63, 3.8) is 0 Å². The van der Waals surface area contributed by atoms with Gasteiger partial charge in [-0.2, -0.15) is 0 Å². The maximum Gasteiger partial charge on any atom is 0.310 e. The van der Waals surface area contributed by atoms with Crippen LogP contribution in [0.15, 0.2) is 42.5 Å². The van der Waals surface area contributed by atoms with Gasteiger partial charge in [-0.15, -0.1) is 0 Å². The lowest BCUT2D eigenvalue weighted by molar-refractivity contribution is -0.149. The number of carbonyl (C=O) groups excluding carboxylic acids is 3. The summed E-state index contributed by atoms with van der Waals surface area (Å²) in [5.41, 5.74) is 4.92. The number of anilines is 1. The third-order valence-corrected chi connectivity index (χ3v) is 6.53. The molecule has 1 unspecified atom stereocenters. The molecule has 2 aliphatic rings. The van der Waals surface area contributed by atoms with Gasteiger partial charge in [-0.05, 0) is 67.1 Å². The van der Waals surface area contributed by atoms with Crippen LogP contribution in [0.4, 0.5) is 5.69 Å². The van der Waals surface area contributed by atoms with Gasteiger partial charge < -0.3 is 14.5 Å². The number of ether oxygens (including phenoxy) is 1. The molecule has 174 valence electrons. The molecule has 2 aromatic carbocycles. The molecule has 6 heteroatoms. The molecule has 0 N–H and O–H groups in total. The van der Waals surface area contributed by atoms with E-state index in [1.54, 1.807) is 11.8 Å². The maximum atomic E-state index is 13.0. The Hall–Kier alpha value is -3.15. The highest BCUT2D eigenvalue weighted by molar-refractivity contribution is 5.97. The summed E-state index contributed by atoms with van der Waals surface area (Å²) in [6, 6.07) is 13.9. The minimum atomic E-state index is -0.240. The van der Waals surface area contributed by atoms with E-state index in [0.717, 1.165) is 42.6 Å². The van der Waals surface area contributed by atoms with Gasteiger partial charge in [0.1, 0.15) is 0 Å². The molecule has 2 aromatic rings. The van der Waals surface area contributed by atoms with Crippen molar-refractivity contribution in [1.82, 2.24) is 4.90 Å². The zero-order valence-corrected chi connectivity index (χ0v) is 19.7. The van der Waals surface area contributed by atoms with Crippen LogP contribution in [0, 0.1) is 11.8 Å². The zero-order chi connectivity index (χ0) is 23.5. The quantitative estimate of drug-likeness (QED) is 0.639. The first-order chi connectivity index (χ1) is 15.9. The van der Waals surface area contributed by atoms with E-state index >= 15 is 0 Å². The molecular formula is C27H32N2O4. The van der Waals surface area contributed by atoms with Crippen LogP contribution in [0.1, 0.15) is 49.5 Å². The summed E-state index contributed by atoms with van der Waals surface area (Å²) >= 11 is 0. The van der Waals surface area contributed by atoms with Gasteiger partial charge in [-0.3, -0.25) is 14.4 Å². The van der Waals surface area contributed by atoms with E-state index in [-0.39, 0.29) is 29.6 Å². The molecule has 2 heterocycles. The van der Waals surface area contributed by atoms with E-state index in [9.17, 15) is 14.4 Å². The van der Waals surface area contributed by atoms with E-state index in [1.165, 1.54) is 5.56 Å². The van der Waals surface area contributed by atoms with E-state index in [1.807, 2.05) is 55.1 Å². The van der Waals surface area contributed by atoms with Crippen molar-refractivity contribution in [1.29, 1.82) is 0 Å². The van der Waals surface area contributed by atoms with Gasteiger partial charge in [-0.25, -0.2) is 0 Å². The monoisotopic (exact) mass is 448 g/mol. The van der Waals surface area contributed by atoms with Gasteiger partial charge in [0.25, 0.3) is 5.91 Å². The highest BCUT2D eigenvalue weighted by Crippen LogP contribution is 2.33. The van der Waals surface area contributed by atoms with Gasteiger partial charge in [0, 0.05) is 36.8 Å². The molecule has 0 aliphatic carbocycles. The number of carbonyl (C=O) groups is 3. The second-order valence-corrected chi connectivity index (χ2v) is 9.16. The summed E-state index contributed by atoms with van der Waals surface area (Å²) in [6.07, 6.45) is 2.42. The molecule has 6 nitrogen and oxygen atoms in total. The summed E-state index contributed by atoms with van der Waals surface area (Å²) in [7, 11) is 0. The molecular weight excluding hydrogens is 416 g/mol. The largest absolute Gasteiger partial charge is 0.466 e. The Morgan fingerprint density at radius 1 is 1.03 bits per heavy atom. The smallest absolute Gasteiger partial charge is 0.310 e. The van der Waals surface area contributed by atoms with E-state index in [4.69, 9.17) is 4.74 Å². The molecule has 2 aliphatic heterocycles. The highest BCUT2D eigenvalue weighted by atomic mass is 16.5. The first-order valence-electron chi connectivity index (χ1n) is 11.9. The standard InChI is InChI=1S/C27H32N2O4/c1-4-33-27(32)23-6-5-14-28(17-23)26(31)20-9-7-19(8-10-20)21-11-12-24-22(16-21)13-15-29(24)25(30)18(2)3/h7-12,16,18,23H,4-6,13-15,17H2,1-3H3. The molecule has 0 aromatic heterocycles. The predicted molar refractivity (Wildman–Crippen MR) is 128 cm³/mol. The average Bonchev–Trinajstić information content (AvgIpc) is 3.26. The normalized spacial score (nSPS) is 17.8. The molecule has 0 bridgehead atoms. The Kier molecular flexibility index (Phi) is 6.82. The Morgan fingerprint density at radius 2 is 1.76 bits per heavy atom. The lowest BCUT2D eigenvalue weighted by Gasteiger charge is -2.31. The van der Waals surface area contributed by atoms with Crippen LogP contribution in [0.3, 0.4) is 0 Å². The first-order valence-corrected chi connectivity index (χ1v) is 11.9. The van der Waals surface area contributed by atoms with Crippen molar-refractivity contribution in [3.8, 4) is 11.1 Å². The molecule has 0 saturated carbocycles. The van der Waals surface area contributed by atoms with Gasteiger partial charge in [0.15, 0.2) is 0 Å². The summed E-state index contributed by atoms with van der Waals surface area (Å²) < 4.78 is 5.14. The van der Waals surface area contributed by atoms with E-state index < -0.39 is 0 Å². The molecule has 4 rings (SSSR count). The number of piperidine rings is 1. The molecule has 0 spiro atoms. The van der Waals surface area contributed by atoms with Gasteiger partial charge in [-0.1, -0.05) is 32.0 Å². The van der Waals surface area contributed by atoms with Crippen LogP contribution >= 0.6 is 0 Å². The minimum absolute atomic E-state index is 0.0202. The van der Waals surface area contributed by atoms with Crippen LogP contribution < -0.4 is 4.90 Å². The Labute approximate surface area is 195 Å². The number of amides is 2. The minimum Gasteiger partial charge on any atom is -0.466 e. The summed E-state index contributed by atoms with van der Waals surface area (Å²) in [5.74, 6) is -0.362. The van der Waals surface area contributed by atoms with Crippen molar-refractivity contribution in [3.05, 3.63) is 53.6 Å². The van der Waals surface area contributed by atoms with Crippen LogP contribution in [0.5, 0.6) is 0 Å². The number of esters is 1. The van der Waals surface area contributed by atoms with Crippen LogP contribution in [-0.2, 0) is 20.7 Å². The number of benzene rings is 2. The Bertz CT molecular complexity index is 1040. The summed E-state index contributed by atoms with van der Waals surface area (Å²) in [4.78, 5) is 41.2. The topological polar surface area (TPSA) is 66.9 Å². The van der Waals surface area contributed by atoms with Crippen molar-refractivity contribution in [2.45, 2.75) is 40.0 Å². The fraction of sp³-hybridized carbons (Fsp3) is 0.444. The molecule has 1 saturated heterocycles. The van der Waals surface area contributed by atoms with Gasteiger partial charge >= 0.3 is 5.97 Å².